The van der Waals surface area contributed by atoms with Gasteiger partial charge in [-0.05, 0) is 18.8 Å². The average Bonchev–Trinajstić information content (AvgIpc) is 2.96. The highest BCUT2D eigenvalue weighted by atomic mass is 16.5. The first kappa shape index (κ1) is 10.4. The molecule has 0 spiro atoms. The Labute approximate surface area is 90.9 Å². The van der Waals surface area contributed by atoms with Gasteiger partial charge in [-0.15, -0.1) is 0 Å². The van der Waals surface area contributed by atoms with E-state index in [-0.39, 0.29) is 5.41 Å². The van der Waals surface area contributed by atoms with Crippen molar-refractivity contribution in [2.45, 2.75) is 44.9 Å². The zero-order chi connectivity index (χ0) is 11.1. The van der Waals surface area contributed by atoms with Gasteiger partial charge in [-0.25, -0.2) is 9.97 Å². The first-order valence-corrected chi connectivity index (χ1v) is 5.48. The molecule has 0 bridgehead atoms. The quantitative estimate of drug-likeness (QED) is 0.762. The molecule has 0 aliphatic heterocycles. The van der Waals surface area contributed by atoms with Crippen LogP contribution < -0.4 is 4.74 Å². The zero-order valence-electron chi connectivity index (χ0n) is 9.87. The van der Waals surface area contributed by atoms with Crippen molar-refractivity contribution in [3.63, 3.8) is 0 Å². The van der Waals surface area contributed by atoms with E-state index in [0.717, 1.165) is 5.88 Å². The molecular weight excluding hydrogens is 188 g/mol. The summed E-state index contributed by atoms with van der Waals surface area (Å²) in [5.41, 5.74) is 2.64. The van der Waals surface area contributed by atoms with Crippen LogP contribution in [0.4, 0.5) is 0 Å². The molecule has 0 N–H and O–H groups in total. The number of aromatic nitrogens is 2. The first-order valence-electron chi connectivity index (χ1n) is 5.48. The molecule has 82 valence electrons. The summed E-state index contributed by atoms with van der Waals surface area (Å²) in [6.07, 6.45) is 4.07. The summed E-state index contributed by atoms with van der Waals surface area (Å²) in [5.74, 6) is 1.15. The summed E-state index contributed by atoms with van der Waals surface area (Å²) in [7, 11) is 1.67. The Balaban J connectivity index is 2.53. The van der Waals surface area contributed by atoms with E-state index in [4.69, 9.17) is 4.74 Å². The van der Waals surface area contributed by atoms with Crippen LogP contribution in [0.25, 0.3) is 0 Å². The lowest BCUT2D eigenvalue weighted by Gasteiger charge is -2.18. The normalized spacial score (nSPS) is 17.9. The fourth-order valence-electron chi connectivity index (χ4n) is 1.97. The van der Waals surface area contributed by atoms with Crippen molar-refractivity contribution in [2.75, 3.05) is 7.11 Å². The SMILES string of the molecule is COc1ncnc(C2(C)CC2)c1C(C)C. The van der Waals surface area contributed by atoms with E-state index < -0.39 is 0 Å². The second kappa shape index (κ2) is 3.47. The number of nitrogens with zero attached hydrogens (tertiary/aromatic N) is 2. The van der Waals surface area contributed by atoms with Crippen LogP contribution in [-0.4, -0.2) is 17.1 Å². The molecule has 1 fully saturated rings. The van der Waals surface area contributed by atoms with Crippen LogP contribution in [0, 0.1) is 0 Å². The maximum Gasteiger partial charge on any atom is 0.219 e. The van der Waals surface area contributed by atoms with Crippen LogP contribution in [0.15, 0.2) is 6.33 Å². The third kappa shape index (κ3) is 1.71. The van der Waals surface area contributed by atoms with Gasteiger partial charge in [0.15, 0.2) is 0 Å². The molecule has 15 heavy (non-hydrogen) atoms. The smallest absolute Gasteiger partial charge is 0.219 e. The molecule has 1 heterocycles. The van der Waals surface area contributed by atoms with Crippen molar-refractivity contribution in [1.29, 1.82) is 0 Å². The largest absolute Gasteiger partial charge is 0.481 e. The molecule has 3 nitrogen and oxygen atoms in total. The van der Waals surface area contributed by atoms with Gasteiger partial charge in [-0.3, -0.25) is 0 Å². The minimum absolute atomic E-state index is 0.274. The van der Waals surface area contributed by atoms with Gasteiger partial charge >= 0.3 is 0 Å². The molecule has 0 amide bonds. The molecule has 0 unspecified atom stereocenters. The Morgan fingerprint density at radius 3 is 2.47 bits per heavy atom. The molecule has 0 aromatic carbocycles. The summed E-state index contributed by atoms with van der Waals surface area (Å²) in [5, 5.41) is 0. The first-order chi connectivity index (χ1) is 7.08. The van der Waals surface area contributed by atoms with Crippen LogP contribution in [-0.2, 0) is 5.41 Å². The summed E-state index contributed by atoms with van der Waals surface area (Å²) < 4.78 is 5.32. The fraction of sp³-hybridized carbons (Fsp3) is 0.667. The van der Waals surface area contributed by atoms with Crippen molar-refractivity contribution >= 4 is 0 Å². The number of rotatable bonds is 3. The summed E-state index contributed by atoms with van der Waals surface area (Å²) in [6.45, 7) is 6.59. The molecule has 1 saturated carbocycles. The lowest BCUT2D eigenvalue weighted by Crippen LogP contribution is -2.12. The molecule has 0 saturated heterocycles. The van der Waals surface area contributed by atoms with E-state index in [1.54, 1.807) is 13.4 Å². The third-order valence-corrected chi connectivity index (χ3v) is 3.19. The maximum atomic E-state index is 5.32. The number of hydrogen-bond acceptors (Lipinski definition) is 3. The molecule has 1 aliphatic rings. The van der Waals surface area contributed by atoms with Gasteiger partial charge in [0.2, 0.25) is 5.88 Å². The van der Waals surface area contributed by atoms with Crippen molar-refractivity contribution < 1.29 is 4.74 Å². The lowest BCUT2D eigenvalue weighted by molar-refractivity contribution is 0.386. The fourth-order valence-corrected chi connectivity index (χ4v) is 1.97. The van der Waals surface area contributed by atoms with E-state index in [2.05, 4.69) is 30.7 Å². The number of methoxy groups -OCH3 is 1. The summed E-state index contributed by atoms with van der Waals surface area (Å²) >= 11 is 0. The molecule has 1 aromatic rings. The summed E-state index contributed by atoms with van der Waals surface area (Å²) in [4.78, 5) is 8.64. The minimum Gasteiger partial charge on any atom is -0.481 e. The maximum absolute atomic E-state index is 5.32. The molecule has 1 aromatic heterocycles. The standard InChI is InChI=1S/C12H18N2O/c1-8(2)9-10(12(3)5-6-12)13-7-14-11(9)15-4/h7-8H,5-6H2,1-4H3. The number of hydrogen-bond donors (Lipinski definition) is 0. The van der Waals surface area contributed by atoms with Crippen LogP contribution >= 0.6 is 0 Å². The van der Waals surface area contributed by atoms with Gasteiger partial charge in [-0.2, -0.15) is 0 Å². The lowest BCUT2D eigenvalue weighted by atomic mass is 9.93. The van der Waals surface area contributed by atoms with E-state index in [1.807, 2.05) is 0 Å². The Bertz CT molecular complexity index is 370. The van der Waals surface area contributed by atoms with Crippen molar-refractivity contribution in [3.8, 4) is 5.88 Å². The molecule has 0 atom stereocenters. The zero-order valence-corrected chi connectivity index (χ0v) is 9.87. The van der Waals surface area contributed by atoms with Crippen LogP contribution in [0.1, 0.15) is 50.8 Å². The van der Waals surface area contributed by atoms with Gasteiger partial charge < -0.3 is 4.74 Å². The topological polar surface area (TPSA) is 35.0 Å². The van der Waals surface area contributed by atoms with Gasteiger partial charge in [-0.1, -0.05) is 20.8 Å². The van der Waals surface area contributed by atoms with E-state index in [9.17, 15) is 0 Å². The number of ether oxygens (including phenoxy) is 1. The second-order valence-electron chi connectivity index (χ2n) is 4.86. The Kier molecular flexibility index (Phi) is 2.41. The van der Waals surface area contributed by atoms with E-state index in [0.29, 0.717) is 5.92 Å². The van der Waals surface area contributed by atoms with Crippen molar-refractivity contribution in [1.82, 2.24) is 9.97 Å². The van der Waals surface area contributed by atoms with Gasteiger partial charge in [0.1, 0.15) is 6.33 Å². The van der Waals surface area contributed by atoms with Gasteiger partial charge in [0.25, 0.3) is 0 Å². The Morgan fingerprint density at radius 2 is 2.00 bits per heavy atom. The molecule has 2 rings (SSSR count). The third-order valence-electron chi connectivity index (χ3n) is 3.19. The Morgan fingerprint density at radius 1 is 1.33 bits per heavy atom. The highest BCUT2D eigenvalue weighted by molar-refractivity contribution is 5.39. The van der Waals surface area contributed by atoms with Crippen molar-refractivity contribution in [2.24, 2.45) is 0 Å². The monoisotopic (exact) mass is 206 g/mol. The second-order valence-corrected chi connectivity index (χ2v) is 4.86. The van der Waals surface area contributed by atoms with Crippen LogP contribution in [0.2, 0.25) is 0 Å². The molecule has 1 aliphatic carbocycles. The Hall–Kier alpha value is -1.12. The van der Waals surface area contributed by atoms with Crippen LogP contribution in [0.5, 0.6) is 5.88 Å². The average molecular weight is 206 g/mol. The van der Waals surface area contributed by atoms with Crippen LogP contribution in [0.3, 0.4) is 0 Å². The highest BCUT2D eigenvalue weighted by Crippen LogP contribution is 2.49. The predicted molar refractivity (Wildman–Crippen MR) is 59.3 cm³/mol. The molecular formula is C12H18N2O. The van der Waals surface area contributed by atoms with E-state index in [1.165, 1.54) is 24.1 Å². The highest BCUT2D eigenvalue weighted by Gasteiger charge is 2.43. The van der Waals surface area contributed by atoms with E-state index >= 15 is 0 Å². The molecule has 0 radical (unpaired) electrons. The minimum atomic E-state index is 0.274. The predicted octanol–water partition coefficient (Wildman–Crippen LogP) is 2.66. The van der Waals surface area contributed by atoms with Gasteiger partial charge in [0, 0.05) is 11.0 Å². The van der Waals surface area contributed by atoms with Crippen molar-refractivity contribution in [3.05, 3.63) is 17.6 Å². The summed E-state index contributed by atoms with van der Waals surface area (Å²) in [6, 6.07) is 0. The molecule has 3 heteroatoms. The van der Waals surface area contributed by atoms with Gasteiger partial charge in [0.05, 0.1) is 12.8 Å².